The first-order valence-electron chi connectivity index (χ1n) is 2.21. The van der Waals surface area contributed by atoms with Crippen molar-refractivity contribution in [2.75, 3.05) is 0 Å². The monoisotopic (exact) mass is 84.1 g/mol. The molecule has 0 spiro atoms. The summed E-state index contributed by atoms with van der Waals surface area (Å²) in [4.78, 5) is 0. The van der Waals surface area contributed by atoms with Crippen molar-refractivity contribution in [1.29, 1.82) is 0 Å². The van der Waals surface area contributed by atoms with E-state index in [1.54, 1.807) is 0 Å². The number of aliphatic hydroxyl groups is 1. The molecule has 0 saturated carbocycles. The van der Waals surface area contributed by atoms with Crippen molar-refractivity contribution in [3.05, 3.63) is 0 Å². The van der Waals surface area contributed by atoms with Crippen LogP contribution in [-0.2, 0) is 0 Å². The summed E-state index contributed by atoms with van der Waals surface area (Å²) >= 11 is 0. The van der Waals surface area contributed by atoms with Crippen LogP contribution in [0.2, 0.25) is 0 Å². The van der Waals surface area contributed by atoms with Crippen molar-refractivity contribution >= 4 is 7.85 Å². The summed E-state index contributed by atoms with van der Waals surface area (Å²) in [6.45, 7) is 1.98. The summed E-state index contributed by atoms with van der Waals surface area (Å²) in [5.74, 6) is 0. The largest absolute Gasteiger partial charge is 0.403 e. The second-order valence-corrected chi connectivity index (χ2v) is 1.36. The zero-order chi connectivity index (χ0) is 4.99. The summed E-state index contributed by atoms with van der Waals surface area (Å²) in [5.41, 5.74) is 0. The topological polar surface area (TPSA) is 20.2 Å². The maximum atomic E-state index is 8.33. The molecule has 0 heterocycles. The highest BCUT2D eigenvalue weighted by Gasteiger charge is 1.87. The third-order valence-electron chi connectivity index (χ3n) is 0.584. The Hall–Kier alpha value is 0.0249. The average molecular weight is 83.9 g/mol. The molecule has 1 atom stereocenters. The number of hydrogen-bond acceptors (Lipinski definition) is 1. The summed E-state index contributed by atoms with van der Waals surface area (Å²) in [5, 5.41) is 8.33. The van der Waals surface area contributed by atoms with Gasteiger partial charge >= 0.3 is 0 Å². The van der Waals surface area contributed by atoms with E-state index >= 15 is 0 Å². The summed E-state index contributed by atoms with van der Waals surface area (Å²) in [7, 11) is 4.96. The molecule has 0 saturated heterocycles. The zero-order valence-corrected chi connectivity index (χ0v) is 4.02. The van der Waals surface area contributed by atoms with Gasteiger partial charge in [0.05, 0.1) is 0 Å². The van der Waals surface area contributed by atoms with E-state index in [4.69, 9.17) is 13.0 Å². The van der Waals surface area contributed by atoms with E-state index in [-0.39, 0.29) is 0 Å². The Kier molecular flexibility index (Phi) is 3.24. The third kappa shape index (κ3) is 4.02. The minimum absolute atomic E-state index is 0.602. The van der Waals surface area contributed by atoms with Gasteiger partial charge in [0.1, 0.15) is 7.85 Å². The highest BCUT2D eigenvalue weighted by Crippen LogP contribution is 1.87. The van der Waals surface area contributed by atoms with Gasteiger partial charge in [0.2, 0.25) is 0 Å². The van der Waals surface area contributed by atoms with E-state index in [0.29, 0.717) is 6.42 Å². The molecule has 0 aliphatic heterocycles. The van der Waals surface area contributed by atoms with Gasteiger partial charge in [0, 0.05) is 6.00 Å². The van der Waals surface area contributed by atoms with Gasteiger partial charge in [0.25, 0.3) is 0 Å². The van der Waals surface area contributed by atoms with Crippen molar-refractivity contribution < 1.29 is 5.11 Å². The fraction of sp³-hybridized carbons (Fsp3) is 1.00. The molecule has 2 heteroatoms. The minimum Gasteiger partial charge on any atom is -0.403 e. The van der Waals surface area contributed by atoms with E-state index in [0.717, 1.165) is 6.42 Å². The molecule has 0 amide bonds. The molecule has 0 aromatic carbocycles. The van der Waals surface area contributed by atoms with Gasteiger partial charge in [-0.15, -0.1) is 0 Å². The van der Waals surface area contributed by atoms with Crippen molar-refractivity contribution in [2.24, 2.45) is 0 Å². The maximum Gasteiger partial charge on any atom is 0.108 e. The molecular weight excluding hydrogens is 74.9 g/mol. The predicted octanol–water partition coefficient (Wildman–Crippen LogP) is 0.273. The van der Waals surface area contributed by atoms with Gasteiger partial charge in [-0.1, -0.05) is 13.3 Å². The molecular formula is C4H9BO. The van der Waals surface area contributed by atoms with Crippen LogP contribution in [0.5, 0.6) is 0 Å². The van der Waals surface area contributed by atoms with E-state index in [1.165, 1.54) is 0 Å². The first-order valence-corrected chi connectivity index (χ1v) is 2.21. The fourth-order valence-corrected chi connectivity index (χ4v) is 0.296. The Morgan fingerprint density at radius 2 is 2.33 bits per heavy atom. The molecule has 1 N–H and O–H groups in total. The molecule has 6 heavy (non-hydrogen) atoms. The molecule has 0 bridgehead atoms. The molecule has 0 aromatic rings. The normalized spacial score (nSPS) is 14.3. The maximum absolute atomic E-state index is 8.33. The standard InChI is InChI=1S/C4H9BO/c1-2-3-4(5)6/h4,6H,2-3H2,1H3. The van der Waals surface area contributed by atoms with Gasteiger partial charge in [-0.25, -0.2) is 0 Å². The Labute approximate surface area is 39.8 Å². The second-order valence-electron chi connectivity index (χ2n) is 1.36. The summed E-state index contributed by atoms with van der Waals surface area (Å²) < 4.78 is 0. The SMILES string of the molecule is [B]C(O)CCC. The number of rotatable bonds is 2. The van der Waals surface area contributed by atoms with Crippen molar-refractivity contribution in [3.8, 4) is 0 Å². The van der Waals surface area contributed by atoms with Gasteiger partial charge in [-0.05, 0) is 6.42 Å². The van der Waals surface area contributed by atoms with Crippen LogP contribution in [0.4, 0.5) is 0 Å². The molecule has 34 valence electrons. The highest BCUT2D eigenvalue weighted by atomic mass is 16.3. The van der Waals surface area contributed by atoms with E-state index in [2.05, 4.69) is 0 Å². The minimum atomic E-state index is -0.602. The lowest BCUT2D eigenvalue weighted by atomic mass is 9.96. The molecule has 1 nitrogen and oxygen atoms in total. The number of hydrogen-bond donors (Lipinski definition) is 1. The van der Waals surface area contributed by atoms with Gasteiger partial charge in [0.15, 0.2) is 0 Å². The van der Waals surface area contributed by atoms with Gasteiger partial charge in [-0.3, -0.25) is 0 Å². The first kappa shape index (κ1) is 6.02. The molecule has 1 unspecified atom stereocenters. The third-order valence-corrected chi connectivity index (χ3v) is 0.584. The Balaban J connectivity index is 2.63. The van der Waals surface area contributed by atoms with Crippen LogP contribution in [0.1, 0.15) is 19.8 Å². The summed E-state index contributed by atoms with van der Waals surface area (Å²) in [6.07, 6.45) is 1.66. The van der Waals surface area contributed by atoms with Crippen LogP contribution in [0, 0.1) is 0 Å². The van der Waals surface area contributed by atoms with Crippen LogP contribution in [0.25, 0.3) is 0 Å². The van der Waals surface area contributed by atoms with E-state index < -0.39 is 6.00 Å². The molecule has 2 radical (unpaired) electrons. The quantitative estimate of drug-likeness (QED) is 0.476. The van der Waals surface area contributed by atoms with Crippen LogP contribution in [-0.4, -0.2) is 19.0 Å². The lowest BCUT2D eigenvalue weighted by Gasteiger charge is -1.95. The zero-order valence-electron chi connectivity index (χ0n) is 4.02. The molecule has 0 rings (SSSR count). The fourth-order valence-electron chi connectivity index (χ4n) is 0.296. The lowest BCUT2D eigenvalue weighted by Crippen LogP contribution is -2.02. The molecule has 0 aliphatic carbocycles. The van der Waals surface area contributed by atoms with Crippen LogP contribution in [0.15, 0.2) is 0 Å². The van der Waals surface area contributed by atoms with Crippen molar-refractivity contribution in [3.63, 3.8) is 0 Å². The van der Waals surface area contributed by atoms with Gasteiger partial charge < -0.3 is 5.11 Å². The average Bonchev–Trinajstić information content (AvgIpc) is 1.35. The first-order chi connectivity index (χ1) is 2.77. The Bertz CT molecular complexity index is 28.7. The highest BCUT2D eigenvalue weighted by molar-refractivity contribution is 6.10. The lowest BCUT2D eigenvalue weighted by molar-refractivity contribution is 0.244. The van der Waals surface area contributed by atoms with Crippen LogP contribution >= 0.6 is 0 Å². The van der Waals surface area contributed by atoms with Crippen molar-refractivity contribution in [1.82, 2.24) is 0 Å². The Morgan fingerprint density at radius 3 is 2.33 bits per heavy atom. The van der Waals surface area contributed by atoms with Crippen LogP contribution < -0.4 is 0 Å². The van der Waals surface area contributed by atoms with E-state index in [9.17, 15) is 0 Å². The number of aliphatic hydroxyl groups excluding tert-OH is 1. The second kappa shape index (κ2) is 3.22. The Morgan fingerprint density at radius 1 is 1.83 bits per heavy atom. The van der Waals surface area contributed by atoms with Crippen LogP contribution in [0.3, 0.4) is 0 Å². The molecule has 0 aliphatic rings. The summed E-state index contributed by atoms with van der Waals surface area (Å²) in [6, 6.07) is -0.602. The molecule has 0 aromatic heterocycles. The smallest absolute Gasteiger partial charge is 0.108 e. The van der Waals surface area contributed by atoms with Gasteiger partial charge in [-0.2, -0.15) is 0 Å². The predicted molar refractivity (Wildman–Crippen MR) is 26.7 cm³/mol. The van der Waals surface area contributed by atoms with Crippen molar-refractivity contribution in [2.45, 2.75) is 25.8 Å². The van der Waals surface area contributed by atoms with E-state index in [1.807, 2.05) is 6.92 Å². The molecule has 0 fully saturated rings.